The SMILES string of the molecule is COc1ccc(C)cc1C(=O)O[C@H](C)C(=O)Nc1nc(-c2ccccc2)cs1. The molecule has 7 heteroatoms. The minimum absolute atomic E-state index is 0.280. The summed E-state index contributed by atoms with van der Waals surface area (Å²) in [6.07, 6.45) is -0.984. The van der Waals surface area contributed by atoms with Crippen molar-refractivity contribution in [2.75, 3.05) is 12.4 Å². The minimum Gasteiger partial charge on any atom is -0.496 e. The van der Waals surface area contributed by atoms with Crippen LogP contribution in [-0.2, 0) is 9.53 Å². The predicted molar refractivity (Wildman–Crippen MR) is 109 cm³/mol. The van der Waals surface area contributed by atoms with Crippen molar-refractivity contribution in [2.24, 2.45) is 0 Å². The van der Waals surface area contributed by atoms with E-state index in [2.05, 4.69) is 10.3 Å². The molecule has 0 unspecified atom stereocenters. The summed E-state index contributed by atoms with van der Waals surface area (Å²) in [5, 5.41) is 4.99. The van der Waals surface area contributed by atoms with Gasteiger partial charge >= 0.3 is 5.97 Å². The Morgan fingerprint density at radius 3 is 2.61 bits per heavy atom. The summed E-state index contributed by atoms with van der Waals surface area (Å²) in [6.45, 7) is 3.38. The largest absolute Gasteiger partial charge is 0.496 e. The average molecular weight is 396 g/mol. The zero-order valence-electron chi connectivity index (χ0n) is 15.8. The molecule has 0 aliphatic rings. The van der Waals surface area contributed by atoms with Crippen molar-refractivity contribution in [2.45, 2.75) is 20.0 Å². The lowest BCUT2D eigenvalue weighted by atomic mass is 10.1. The van der Waals surface area contributed by atoms with Gasteiger partial charge in [0.15, 0.2) is 11.2 Å². The quantitative estimate of drug-likeness (QED) is 0.628. The molecule has 0 saturated heterocycles. The normalized spacial score (nSPS) is 11.5. The van der Waals surface area contributed by atoms with E-state index < -0.39 is 18.0 Å². The molecule has 1 heterocycles. The van der Waals surface area contributed by atoms with Crippen molar-refractivity contribution >= 4 is 28.3 Å². The van der Waals surface area contributed by atoms with Gasteiger partial charge in [-0.3, -0.25) is 10.1 Å². The highest BCUT2D eigenvalue weighted by Gasteiger charge is 2.22. The molecule has 1 N–H and O–H groups in total. The first-order valence-corrected chi connectivity index (χ1v) is 9.53. The molecule has 2 aromatic carbocycles. The van der Waals surface area contributed by atoms with Gasteiger partial charge in [-0.25, -0.2) is 9.78 Å². The van der Waals surface area contributed by atoms with Gasteiger partial charge < -0.3 is 9.47 Å². The van der Waals surface area contributed by atoms with Crippen molar-refractivity contribution in [3.8, 4) is 17.0 Å². The molecule has 3 rings (SSSR count). The number of thiazole rings is 1. The summed E-state index contributed by atoms with van der Waals surface area (Å²) in [5.41, 5.74) is 2.91. The first-order valence-electron chi connectivity index (χ1n) is 8.65. The summed E-state index contributed by atoms with van der Waals surface area (Å²) in [5.74, 6) is -0.670. The molecule has 0 spiro atoms. The van der Waals surface area contributed by atoms with Gasteiger partial charge in [0, 0.05) is 10.9 Å². The van der Waals surface area contributed by atoms with Crippen molar-refractivity contribution in [3.05, 3.63) is 65.0 Å². The zero-order valence-corrected chi connectivity index (χ0v) is 16.6. The lowest BCUT2D eigenvalue weighted by molar-refractivity contribution is -0.123. The Kier molecular flexibility index (Phi) is 6.06. The van der Waals surface area contributed by atoms with E-state index in [1.165, 1.54) is 25.4 Å². The number of amides is 1. The highest BCUT2D eigenvalue weighted by molar-refractivity contribution is 7.14. The maximum Gasteiger partial charge on any atom is 0.342 e. The van der Waals surface area contributed by atoms with E-state index in [0.717, 1.165) is 16.8 Å². The van der Waals surface area contributed by atoms with Gasteiger partial charge in [0.05, 0.1) is 12.8 Å². The molecule has 144 valence electrons. The van der Waals surface area contributed by atoms with Crippen LogP contribution in [0.5, 0.6) is 5.75 Å². The summed E-state index contributed by atoms with van der Waals surface area (Å²) >= 11 is 1.31. The molecule has 1 amide bonds. The molecule has 0 radical (unpaired) electrons. The highest BCUT2D eigenvalue weighted by Crippen LogP contribution is 2.25. The first kappa shape index (κ1) is 19.6. The van der Waals surface area contributed by atoms with Gasteiger partial charge in [-0.05, 0) is 26.0 Å². The fraction of sp³-hybridized carbons (Fsp3) is 0.190. The van der Waals surface area contributed by atoms with Crippen molar-refractivity contribution in [3.63, 3.8) is 0 Å². The van der Waals surface area contributed by atoms with E-state index >= 15 is 0 Å². The van der Waals surface area contributed by atoms with E-state index in [0.29, 0.717) is 10.9 Å². The Balaban J connectivity index is 1.65. The Labute approximate surface area is 167 Å². The van der Waals surface area contributed by atoms with Gasteiger partial charge in [0.1, 0.15) is 11.3 Å². The maximum absolute atomic E-state index is 12.4. The van der Waals surface area contributed by atoms with Crippen molar-refractivity contribution < 1.29 is 19.1 Å². The molecule has 6 nitrogen and oxygen atoms in total. The number of esters is 1. The third kappa shape index (κ3) is 4.55. The molecule has 1 aromatic heterocycles. The molecule has 0 saturated carbocycles. The molecule has 1 atom stereocenters. The Morgan fingerprint density at radius 1 is 1.14 bits per heavy atom. The molecule has 0 aliphatic carbocycles. The monoisotopic (exact) mass is 396 g/mol. The van der Waals surface area contributed by atoms with Gasteiger partial charge in [-0.1, -0.05) is 42.0 Å². The van der Waals surface area contributed by atoms with Crippen LogP contribution in [0, 0.1) is 6.92 Å². The number of hydrogen-bond donors (Lipinski definition) is 1. The lowest BCUT2D eigenvalue weighted by Crippen LogP contribution is -2.30. The standard InChI is InChI=1S/C21H20N2O4S/c1-13-9-10-18(26-3)16(11-13)20(25)27-14(2)19(24)23-21-22-17(12-28-21)15-7-5-4-6-8-15/h4-12,14H,1-3H3,(H,22,23,24)/t14-/m1/s1. The number of benzene rings is 2. The third-order valence-corrected chi connectivity index (χ3v) is 4.79. The number of nitrogens with one attached hydrogen (secondary N) is 1. The second-order valence-corrected chi connectivity index (χ2v) is 7.00. The zero-order chi connectivity index (χ0) is 20.1. The van der Waals surface area contributed by atoms with Crippen LogP contribution in [0.2, 0.25) is 0 Å². The average Bonchev–Trinajstić information content (AvgIpc) is 3.17. The van der Waals surface area contributed by atoms with Gasteiger partial charge in [0.25, 0.3) is 5.91 Å². The number of anilines is 1. The summed E-state index contributed by atoms with van der Waals surface area (Å²) < 4.78 is 10.5. The highest BCUT2D eigenvalue weighted by atomic mass is 32.1. The van der Waals surface area contributed by atoms with Crippen LogP contribution < -0.4 is 10.1 Å². The summed E-state index contributed by atoms with van der Waals surface area (Å²) in [4.78, 5) is 29.2. The predicted octanol–water partition coefficient (Wildman–Crippen LogP) is 4.31. The fourth-order valence-corrected chi connectivity index (χ4v) is 3.26. The van der Waals surface area contributed by atoms with Crippen LogP contribution in [-0.4, -0.2) is 30.1 Å². The molecule has 28 heavy (non-hydrogen) atoms. The van der Waals surface area contributed by atoms with Gasteiger partial charge in [-0.15, -0.1) is 11.3 Å². The number of aryl methyl sites for hydroxylation is 1. The number of carbonyl (C=O) groups is 2. The number of aromatic nitrogens is 1. The number of rotatable bonds is 6. The van der Waals surface area contributed by atoms with Gasteiger partial charge in [-0.2, -0.15) is 0 Å². The van der Waals surface area contributed by atoms with E-state index in [-0.39, 0.29) is 5.56 Å². The first-order chi connectivity index (χ1) is 13.5. The van der Waals surface area contributed by atoms with Crippen LogP contribution in [0.3, 0.4) is 0 Å². The van der Waals surface area contributed by atoms with Crippen molar-refractivity contribution in [1.82, 2.24) is 4.98 Å². The van der Waals surface area contributed by atoms with Crippen LogP contribution in [0.4, 0.5) is 5.13 Å². The third-order valence-electron chi connectivity index (χ3n) is 4.03. The summed E-state index contributed by atoms with van der Waals surface area (Å²) in [6, 6.07) is 14.9. The molecule has 0 fully saturated rings. The van der Waals surface area contributed by atoms with E-state index in [4.69, 9.17) is 9.47 Å². The lowest BCUT2D eigenvalue weighted by Gasteiger charge is -2.14. The number of hydrogen-bond acceptors (Lipinski definition) is 6. The van der Waals surface area contributed by atoms with E-state index in [9.17, 15) is 9.59 Å². The molecule has 0 aliphatic heterocycles. The minimum atomic E-state index is -0.984. The second-order valence-electron chi connectivity index (χ2n) is 6.14. The topological polar surface area (TPSA) is 77.5 Å². The smallest absolute Gasteiger partial charge is 0.342 e. The van der Waals surface area contributed by atoms with E-state index in [1.807, 2.05) is 48.7 Å². The number of nitrogens with zero attached hydrogens (tertiary/aromatic N) is 1. The number of ether oxygens (including phenoxy) is 2. The molecular weight excluding hydrogens is 376 g/mol. The fourth-order valence-electron chi connectivity index (χ4n) is 2.54. The Morgan fingerprint density at radius 2 is 1.89 bits per heavy atom. The van der Waals surface area contributed by atoms with E-state index in [1.54, 1.807) is 12.1 Å². The maximum atomic E-state index is 12.4. The van der Waals surface area contributed by atoms with Crippen LogP contribution in [0.15, 0.2) is 53.9 Å². The second kappa shape index (κ2) is 8.67. The van der Waals surface area contributed by atoms with Crippen LogP contribution >= 0.6 is 11.3 Å². The number of carbonyl (C=O) groups excluding carboxylic acids is 2. The van der Waals surface area contributed by atoms with Crippen LogP contribution in [0.25, 0.3) is 11.3 Å². The molecule has 0 bridgehead atoms. The van der Waals surface area contributed by atoms with Gasteiger partial charge in [0.2, 0.25) is 0 Å². The van der Waals surface area contributed by atoms with Crippen LogP contribution in [0.1, 0.15) is 22.8 Å². The Hall–Kier alpha value is -3.19. The molecule has 3 aromatic rings. The van der Waals surface area contributed by atoms with Crippen molar-refractivity contribution in [1.29, 1.82) is 0 Å². The number of methoxy groups -OCH3 is 1. The summed E-state index contributed by atoms with van der Waals surface area (Å²) in [7, 11) is 1.48. The molecular formula is C21H20N2O4S. The Bertz CT molecular complexity index is 985.